The monoisotopic (exact) mass is 378 g/mol. The van der Waals surface area contributed by atoms with E-state index in [0.717, 1.165) is 0 Å². The van der Waals surface area contributed by atoms with Gasteiger partial charge in [-0.3, -0.25) is 0 Å². The second-order valence-corrected chi connectivity index (χ2v) is 4.76. The zero-order valence-electron chi connectivity index (χ0n) is 15.2. The Kier molecular flexibility index (Phi) is 20.7. The molecule has 0 unspecified atom stereocenters. The van der Waals surface area contributed by atoms with E-state index in [2.05, 4.69) is 5.92 Å². The molecule has 0 saturated heterocycles. The van der Waals surface area contributed by atoms with Gasteiger partial charge in [-0.1, -0.05) is 5.92 Å². The summed E-state index contributed by atoms with van der Waals surface area (Å²) in [5, 5.41) is 8.35. The van der Waals surface area contributed by atoms with Crippen LogP contribution in [0.15, 0.2) is 0 Å². The van der Waals surface area contributed by atoms with Gasteiger partial charge in [0, 0.05) is 0 Å². The minimum absolute atomic E-state index is 0.250. The van der Waals surface area contributed by atoms with E-state index in [9.17, 15) is 4.79 Å². The fraction of sp³-hybridized carbons (Fsp3) is 0.824. The van der Waals surface area contributed by atoms with Crippen LogP contribution in [0.25, 0.3) is 0 Å². The second-order valence-electron chi connectivity index (χ2n) is 4.76. The van der Waals surface area contributed by atoms with Crippen molar-refractivity contribution in [2.75, 3.05) is 92.5 Å². The van der Waals surface area contributed by atoms with Gasteiger partial charge in [0.1, 0.15) is 13.2 Å². The van der Waals surface area contributed by atoms with Crippen LogP contribution in [-0.4, -0.2) is 104 Å². The fourth-order valence-corrected chi connectivity index (χ4v) is 1.51. The standard InChI is InChI=1S/C17H30O9/c1-2-3-20-4-5-21-6-7-22-8-9-23-10-11-24-12-13-25-14-15-26-16-17(18)19/h1H,3-16H2,(H,18,19). The molecule has 26 heavy (non-hydrogen) atoms. The van der Waals surface area contributed by atoms with Crippen LogP contribution < -0.4 is 0 Å². The van der Waals surface area contributed by atoms with Crippen molar-refractivity contribution < 1.29 is 43.1 Å². The van der Waals surface area contributed by atoms with Crippen molar-refractivity contribution in [3.63, 3.8) is 0 Å². The van der Waals surface area contributed by atoms with Crippen LogP contribution in [0.4, 0.5) is 0 Å². The molecule has 0 amide bonds. The van der Waals surface area contributed by atoms with Crippen molar-refractivity contribution in [2.45, 2.75) is 0 Å². The highest BCUT2D eigenvalue weighted by Crippen LogP contribution is 1.85. The molecule has 1 N–H and O–H groups in total. The van der Waals surface area contributed by atoms with Crippen LogP contribution in [-0.2, 0) is 38.0 Å². The molecule has 0 rings (SSSR count). The van der Waals surface area contributed by atoms with E-state index in [1.807, 2.05) is 0 Å². The summed E-state index contributed by atoms with van der Waals surface area (Å²) >= 11 is 0. The van der Waals surface area contributed by atoms with Crippen molar-refractivity contribution in [1.82, 2.24) is 0 Å². The predicted molar refractivity (Wildman–Crippen MR) is 92.2 cm³/mol. The van der Waals surface area contributed by atoms with Gasteiger partial charge in [-0.2, -0.15) is 0 Å². The van der Waals surface area contributed by atoms with Crippen LogP contribution in [0, 0.1) is 12.3 Å². The van der Waals surface area contributed by atoms with E-state index in [1.54, 1.807) is 0 Å². The summed E-state index contributed by atoms with van der Waals surface area (Å²) in [6.45, 7) is 5.38. The Hall–Kier alpha value is -1.25. The smallest absolute Gasteiger partial charge is 0.329 e. The average Bonchev–Trinajstić information content (AvgIpc) is 2.62. The largest absolute Gasteiger partial charge is 0.480 e. The molecule has 0 spiro atoms. The molecule has 0 aliphatic rings. The highest BCUT2D eigenvalue weighted by molar-refractivity contribution is 5.67. The lowest BCUT2D eigenvalue weighted by Crippen LogP contribution is -2.15. The zero-order chi connectivity index (χ0) is 19.1. The minimum atomic E-state index is -0.991. The van der Waals surface area contributed by atoms with Crippen LogP contribution in [0.5, 0.6) is 0 Å². The van der Waals surface area contributed by atoms with E-state index in [0.29, 0.717) is 79.3 Å². The first-order valence-electron chi connectivity index (χ1n) is 8.46. The van der Waals surface area contributed by atoms with Gasteiger partial charge in [0.2, 0.25) is 0 Å². The van der Waals surface area contributed by atoms with Crippen LogP contribution in [0.3, 0.4) is 0 Å². The molecule has 152 valence electrons. The third kappa shape index (κ3) is 22.8. The maximum atomic E-state index is 10.2. The Balaban J connectivity index is 2.99. The summed E-state index contributed by atoms with van der Waals surface area (Å²) in [5.74, 6) is 1.39. The number of carboxylic acid groups (broad SMARTS) is 1. The summed E-state index contributed by atoms with van der Waals surface area (Å²) < 4.78 is 36.3. The van der Waals surface area contributed by atoms with Crippen molar-refractivity contribution in [1.29, 1.82) is 0 Å². The van der Waals surface area contributed by atoms with Gasteiger partial charge in [0.05, 0.1) is 79.3 Å². The van der Waals surface area contributed by atoms with Gasteiger partial charge in [0.25, 0.3) is 0 Å². The van der Waals surface area contributed by atoms with Crippen LogP contribution in [0.2, 0.25) is 0 Å². The summed E-state index contributed by atoms with van der Waals surface area (Å²) in [6, 6.07) is 0. The van der Waals surface area contributed by atoms with Gasteiger partial charge in [-0.05, 0) is 0 Å². The number of rotatable bonds is 21. The van der Waals surface area contributed by atoms with Gasteiger partial charge in [-0.15, -0.1) is 6.42 Å². The lowest BCUT2D eigenvalue weighted by Gasteiger charge is -2.08. The summed E-state index contributed by atoms with van der Waals surface area (Å²) in [5.41, 5.74) is 0. The molecule has 0 aromatic carbocycles. The minimum Gasteiger partial charge on any atom is -0.480 e. The molecule has 0 fully saturated rings. The first-order chi connectivity index (χ1) is 12.8. The Morgan fingerprint density at radius 1 is 0.615 bits per heavy atom. The molecule has 9 nitrogen and oxygen atoms in total. The number of terminal acetylenes is 1. The number of aliphatic carboxylic acids is 1. The molecule has 0 radical (unpaired) electrons. The van der Waals surface area contributed by atoms with Gasteiger partial charge in [-0.25, -0.2) is 4.79 Å². The molecule has 0 aliphatic heterocycles. The molecule has 0 saturated carbocycles. The van der Waals surface area contributed by atoms with Gasteiger partial charge in [0.15, 0.2) is 0 Å². The zero-order valence-corrected chi connectivity index (χ0v) is 15.2. The summed E-state index contributed by atoms with van der Waals surface area (Å²) in [4.78, 5) is 10.2. The lowest BCUT2D eigenvalue weighted by atomic mass is 10.6. The molecule has 0 aromatic heterocycles. The third-order valence-corrected chi connectivity index (χ3v) is 2.64. The first-order valence-corrected chi connectivity index (χ1v) is 8.46. The van der Waals surface area contributed by atoms with Crippen molar-refractivity contribution in [2.24, 2.45) is 0 Å². The Labute approximate surface area is 154 Å². The second kappa shape index (κ2) is 21.8. The normalized spacial score (nSPS) is 10.7. The highest BCUT2D eigenvalue weighted by Gasteiger charge is 1.96. The van der Waals surface area contributed by atoms with Crippen LogP contribution in [0.1, 0.15) is 0 Å². The third-order valence-electron chi connectivity index (χ3n) is 2.64. The SMILES string of the molecule is C#CCOCCOCCOCCOCCOCCOCCOCC(=O)O. The number of carboxylic acids is 1. The molecule has 0 aliphatic carbocycles. The Morgan fingerprint density at radius 2 is 0.923 bits per heavy atom. The number of hydrogen-bond acceptors (Lipinski definition) is 8. The molecule has 0 atom stereocenters. The number of carbonyl (C=O) groups is 1. The molecule has 9 heteroatoms. The number of ether oxygens (including phenoxy) is 7. The fourth-order valence-electron chi connectivity index (χ4n) is 1.51. The van der Waals surface area contributed by atoms with E-state index >= 15 is 0 Å². The van der Waals surface area contributed by atoms with E-state index in [1.165, 1.54) is 0 Å². The summed E-state index contributed by atoms with van der Waals surface area (Å²) in [6.07, 6.45) is 5.04. The van der Waals surface area contributed by atoms with E-state index in [-0.39, 0.29) is 13.2 Å². The summed E-state index contributed by atoms with van der Waals surface area (Å²) in [7, 11) is 0. The predicted octanol–water partition coefficient (Wildman–Crippen LogP) is -0.180. The molecular weight excluding hydrogens is 348 g/mol. The quantitative estimate of drug-likeness (QED) is 0.215. The van der Waals surface area contributed by atoms with Gasteiger partial charge < -0.3 is 38.3 Å². The highest BCUT2D eigenvalue weighted by atomic mass is 16.6. The molecule has 0 heterocycles. The maximum absolute atomic E-state index is 10.2. The average molecular weight is 378 g/mol. The number of hydrogen-bond donors (Lipinski definition) is 1. The topological polar surface area (TPSA) is 102 Å². The Morgan fingerprint density at radius 3 is 1.23 bits per heavy atom. The molecular formula is C17H30O9. The van der Waals surface area contributed by atoms with Gasteiger partial charge >= 0.3 is 5.97 Å². The van der Waals surface area contributed by atoms with Crippen LogP contribution >= 0.6 is 0 Å². The van der Waals surface area contributed by atoms with Crippen molar-refractivity contribution in [3.8, 4) is 12.3 Å². The lowest BCUT2D eigenvalue weighted by molar-refractivity contribution is -0.142. The van der Waals surface area contributed by atoms with E-state index in [4.69, 9.17) is 44.7 Å². The molecule has 0 bridgehead atoms. The van der Waals surface area contributed by atoms with E-state index < -0.39 is 5.97 Å². The maximum Gasteiger partial charge on any atom is 0.329 e. The first kappa shape index (κ1) is 24.8. The molecule has 0 aromatic rings. The van der Waals surface area contributed by atoms with Crippen molar-refractivity contribution >= 4 is 5.97 Å². The van der Waals surface area contributed by atoms with Crippen molar-refractivity contribution in [3.05, 3.63) is 0 Å². The Bertz CT molecular complexity index is 344.